The van der Waals surface area contributed by atoms with Gasteiger partial charge in [0.1, 0.15) is 0 Å². The summed E-state index contributed by atoms with van der Waals surface area (Å²) in [4.78, 5) is 11.2. The van der Waals surface area contributed by atoms with Crippen molar-refractivity contribution in [2.45, 2.75) is 38.1 Å². The Hall–Kier alpha value is -1.35. The van der Waals surface area contributed by atoms with Gasteiger partial charge >= 0.3 is 0 Å². The van der Waals surface area contributed by atoms with Gasteiger partial charge < -0.3 is 11.5 Å². The van der Waals surface area contributed by atoms with E-state index in [9.17, 15) is 4.79 Å². The predicted octanol–water partition coefficient (Wildman–Crippen LogP) is 1.77. The number of rotatable bonds is 6. The van der Waals surface area contributed by atoms with Gasteiger partial charge in [0.05, 0.1) is 6.04 Å². The molecule has 2 unspecified atom stereocenters. The summed E-state index contributed by atoms with van der Waals surface area (Å²) >= 11 is 0. The monoisotopic (exact) mass is 220 g/mol. The van der Waals surface area contributed by atoms with Gasteiger partial charge in [0.25, 0.3) is 0 Å². The van der Waals surface area contributed by atoms with Crippen LogP contribution in [0.4, 0.5) is 0 Å². The highest BCUT2D eigenvalue weighted by molar-refractivity contribution is 5.80. The minimum Gasteiger partial charge on any atom is -0.368 e. The molecule has 0 heterocycles. The Morgan fingerprint density at radius 2 is 1.94 bits per heavy atom. The van der Waals surface area contributed by atoms with Crippen LogP contribution in [0.3, 0.4) is 0 Å². The van der Waals surface area contributed by atoms with Gasteiger partial charge in [0, 0.05) is 5.92 Å². The first-order valence-electron chi connectivity index (χ1n) is 5.76. The van der Waals surface area contributed by atoms with E-state index in [1.54, 1.807) is 0 Å². The Bertz CT molecular complexity index is 324. The van der Waals surface area contributed by atoms with E-state index in [4.69, 9.17) is 11.5 Å². The first-order chi connectivity index (χ1) is 7.66. The maximum atomic E-state index is 11.2. The van der Waals surface area contributed by atoms with Crippen LogP contribution in [-0.4, -0.2) is 11.9 Å². The van der Waals surface area contributed by atoms with Crippen molar-refractivity contribution < 1.29 is 4.79 Å². The van der Waals surface area contributed by atoms with Gasteiger partial charge in [-0.25, -0.2) is 0 Å². The maximum Gasteiger partial charge on any atom is 0.234 e. The van der Waals surface area contributed by atoms with Crippen molar-refractivity contribution in [2.75, 3.05) is 0 Å². The van der Waals surface area contributed by atoms with Gasteiger partial charge in [-0.05, 0) is 12.0 Å². The van der Waals surface area contributed by atoms with Gasteiger partial charge in [0.15, 0.2) is 0 Å². The first-order valence-corrected chi connectivity index (χ1v) is 5.76. The smallest absolute Gasteiger partial charge is 0.234 e. The van der Waals surface area contributed by atoms with Crippen molar-refractivity contribution in [3.8, 4) is 0 Å². The third-order valence-corrected chi connectivity index (χ3v) is 2.86. The van der Waals surface area contributed by atoms with E-state index < -0.39 is 11.9 Å². The quantitative estimate of drug-likeness (QED) is 0.767. The highest BCUT2D eigenvalue weighted by Gasteiger charge is 2.23. The second kappa shape index (κ2) is 6.28. The van der Waals surface area contributed by atoms with Crippen LogP contribution in [-0.2, 0) is 4.79 Å². The molecule has 16 heavy (non-hydrogen) atoms. The van der Waals surface area contributed by atoms with Gasteiger partial charge in [0.2, 0.25) is 5.91 Å². The molecule has 0 spiro atoms. The number of carbonyl (C=O) groups excluding carboxylic acids is 1. The van der Waals surface area contributed by atoms with Crippen molar-refractivity contribution in [1.82, 2.24) is 0 Å². The largest absolute Gasteiger partial charge is 0.368 e. The van der Waals surface area contributed by atoms with Gasteiger partial charge in [-0.1, -0.05) is 50.1 Å². The van der Waals surface area contributed by atoms with Crippen LogP contribution in [0.25, 0.3) is 0 Å². The molecule has 2 atom stereocenters. The summed E-state index contributed by atoms with van der Waals surface area (Å²) in [6.07, 6.45) is 3.06. The van der Waals surface area contributed by atoms with Gasteiger partial charge in [-0.15, -0.1) is 0 Å². The molecule has 3 heteroatoms. The SMILES string of the molecule is CCCCC(c1ccccc1)C(N)C(N)=O. The van der Waals surface area contributed by atoms with Crippen molar-refractivity contribution >= 4 is 5.91 Å². The van der Waals surface area contributed by atoms with E-state index in [0.717, 1.165) is 24.8 Å². The fourth-order valence-corrected chi connectivity index (χ4v) is 1.88. The van der Waals surface area contributed by atoms with E-state index in [-0.39, 0.29) is 5.92 Å². The molecule has 1 amide bonds. The number of nitrogens with two attached hydrogens (primary N) is 2. The third-order valence-electron chi connectivity index (χ3n) is 2.86. The van der Waals surface area contributed by atoms with E-state index in [0.29, 0.717) is 0 Å². The maximum absolute atomic E-state index is 11.2. The van der Waals surface area contributed by atoms with E-state index in [1.807, 2.05) is 30.3 Å². The van der Waals surface area contributed by atoms with Crippen LogP contribution in [0.1, 0.15) is 37.7 Å². The van der Waals surface area contributed by atoms with Crippen LogP contribution in [0.15, 0.2) is 30.3 Å². The second-order valence-electron chi connectivity index (χ2n) is 4.09. The first kappa shape index (κ1) is 12.7. The Balaban J connectivity index is 2.83. The molecule has 1 rings (SSSR count). The molecular weight excluding hydrogens is 200 g/mol. The summed E-state index contributed by atoms with van der Waals surface area (Å²) in [5.74, 6) is -0.386. The number of benzene rings is 1. The molecule has 0 aliphatic rings. The van der Waals surface area contributed by atoms with E-state index in [1.165, 1.54) is 0 Å². The Morgan fingerprint density at radius 1 is 1.31 bits per heavy atom. The number of hydrogen-bond acceptors (Lipinski definition) is 2. The minimum absolute atomic E-state index is 0.0404. The van der Waals surface area contributed by atoms with Crippen molar-refractivity contribution in [3.63, 3.8) is 0 Å². The average molecular weight is 220 g/mol. The molecule has 0 aliphatic carbocycles. The molecule has 0 aliphatic heterocycles. The van der Waals surface area contributed by atoms with Gasteiger partial charge in [-0.2, -0.15) is 0 Å². The predicted molar refractivity (Wildman–Crippen MR) is 65.9 cm³/mol. The Morgan fingerprint density at radius 3 is 2.44 bits per heavy atom. The molecule has 0 saturated carbocycles. The number of carbonyl (C=O) groups is 1. The topological polar surface area (TPSA) is 69.1 Å². The molecule has 0 fully saturated rings. The normalized spacial score (nSPS) is 14.4. The van der Waals surface area contributed by atoms with Gasteiger partial charge in [-0.3, -0.25) is 4.79 Å². The van der Waals surface area contributed by atoms with E-state index in [2.05, 4.69) is 6.92 Å². The summed E-state index contributed by atoms with van der Waals surface area (Å²) in [6, 6.07) is 9.29. The molecule has 1 aromatic rings. The number of primary amides is 1. The third kappa shape index (κ3) is 3.35. The van der Waals surface area contributed by atoms with E-state index >= 15 is 0 Å². The van der Waals surface area contributed by atoms with Crippen molar-refractivity contribution in [2.24, 2.45) is 11.5 Å². The van der Waals surface area contributed by atoms with Crippen LogP contribution < -0.4 is 11.5 Å². The molecule has 0 bridgehead atoms. The number of unbranched alkanes of at least 4 members (excludes halogenated alkanes) is 1. The lowest BCUT2D eigenvalue weighted by molar-refractivity contribution is -0.119. The lowest BCUT2D eigenvalue weighted by atomic mass is 9.87. The highest BCUT2D eigenvalue weighted by Crippen LogP contribution is 2.24. The molecule has 88 valence electrons. The molecule has 4 N–H and O–H groups in total. The Kier molecular flexibility index (Phi) is 4.99. The molecular formula is C13H20N2O. The molecule has 0 aromatic heterocycles. The summed E-state index contributed by atoms with van der Waals surface area (Å²) in [7, 11) is 0. The highest BCUT2D eigenvalue weighted by atomic mass is 16.1. The average Bonchev–Trinajstić information content (AvgIpc) is 2.30. The van der Waals surface area contributed by atoms with Crippen LogP contribution in [0.2, 0.25) is 0 Å². The number of hydrogen-bond donors (Lipinski definition) is 2. The number of amides is 1. The second-order valence-corrected chi connectivity index (χ2v) is 4.09. The summed E-state index contributed by atoms with van der Waals surface area (Å²) in [5.41, 5.74) is 12.2. The zero-order valence-electron chi connectivity index (χ0n) is 9.73. The van der Waals surface area contributed by atoms with Crippen LogP contribution in [0, 0.1) is 0 Å². The van der Waals surface area contributed by atoms with Crippen molar-refractivity contribution in [3.05, 3.63) is 35.9 Å². The fraction of sp³-hybridized carbons (Fsp3) is 0.462. The fourth-order valence-electron chi connectivity index (χ4n) is 1.88. The summed E-state index contributed by atoms with van der Waals surface area (Å²) < 4.78 is 0. The minimum atomic E-state index is -0.589. The zero-order chi connectivity index (χ0) is 12.0. The lowest BCUT2D eigenvalue weighted by Gasteiger charge is -2.21. The van der Waals surface area contributed by atoms with Crippen LogP contribution in [0.5, 0.6) is 0 Å². The standard InChI is InChI=1S/C13H20N2O/c1-2-3-9-11(12(14)13(15)16)10-7-5-4-6-8-10/h4-8,11-12H,2-3,9,14H2,1H3,(H2,15,16). The summed E-state index contributed by atoms with van der Waals surface area (Å²) in [5, 5.41) is 0. The van der Waals surface area contributed by atoms with Crippen molar-refractivity contribution in [1.29, 1.82) is 0 Å². The Labute approximate surface area is 96.8 Å². The molecule has 0 saturated heterocycles. The molecule has 3 nitrogen and oxygen atoms in total. The zero-order valence-corrected chi connectivity index (χ0v) is 9.73. The lowest BCUT2D eigenvalue weighted by Crippen LogP contribution is -2.41. The summed E-state index contributed by atoms with van der Waals surface area (Å²) in [6.45, 7) is 2.12. The molecule has 0 radical (unpaired) electrons. The van der Waals surface area contributed by atoms with Crippen LogP contribution >= 0.6 is 0 Å². The molecule has 1 aromatic carbocycles.